The van der Waals surface area contributed by atoms with Crippen molar-refractivity contribution in [2.24, 2.45) is 5.73 Å². The van der Waals surface area contributed by atoms with Gasteiger partial charge in [0.1, 0.15) is 0 Å². The number of thiophene rings is 1. The lowest BCUT2D eigenvalue weighted by atomic mass is 9.95. The number of nitrogens with two attached hydrogens (primary N) is 1. The topological polar surface area (TPSA) is 46.2 Å². The third kappa shape index (κ3) is 2.02. The van der Waals surface area contributed by atoms with Gasteiger partial charge in [-0.05, 0) is 36.2 Å². The third-order valence-electron chi connectivity index (χ3n) is 1.66. The van der Waals surface area contributed by atoms with Crippen LogP contribution in [-0.2, 0) is 0 Å². The minimum absolute atomic E-state index is 0.284. The van der Waals surface area contributed by atoms with Gasteiger partial charge in [0.05, 0.1) is 11.6 Å². The average Bonchev–Trinajstić information content (AvgIpc) is 2.34. The molecule has 1 aromatic heterocycles. The molecule has 0 saturated carbocycles. The zero-order chi connectivity index (χ0) is 8.48. The van der Waals surface area contributed by atoms with E-state index in [1.807, 2.05) is 16.8 Å². The molecule has 1 unspecified atom stereocenters. The fourth-order valence-electron chi connectivity index (χ4n) is 0.860. The van der Waals surface area contributed by atoms with Crippen molar-refractivity contribution in [3.63, 3.8) is 0 Å². The van der Waals surface area contributed by atoms with Crippen molar-refractivity contribution in [2.75, 3.05) is 0 Å². The second-order valence-electron chi connectivity index (χ2n) is 3.19. The summed E-state index contributed by atoms with van der Waals surface area (Å²) in [5.74, 6) is 0. The number of hydrogen-bond donors (Lipinski definition) is 2. The standard InChI is InChI=1S/C8H13NOS/c1-8(2,10)7(9)6-3-4-11-5-6/h3-5,7,10H,9H2,1-2H3. The lowest BCUT2D eigenvalue weighted by molar-refractivity contribution is 0.0519. The first-order valence-corrected chi connectivity index (χ1v) is 4.46. The van der Waals surface area contributed by atoms with Crippen LogP contribution in [0.25, 0.3) is 0 Å². The summed E-state index contributed by atoms with van der Waals surface area (Å²) in [5.41, 5.74) is 5.94. The van der Waals surface area contributed by atoms with Gasteiger partial charge in [-0.2, -0.15) is 11.3 Å². The Balaban J connectivity index is 2.78. The first-order valence-electron chi connectivity index (χ1n) is 3.52. The van der Waals surface area contributed by atoms with Gasteiger partial charge in [-0.25, -0.2) is 0 Å². The molecule has 0 spiro atoms. The molecule has 0 aliphatic carbocycles. The van der Waals surface area contributed by atoms with E-state index in [9.17, 15) is 5.11 Å². The highest BCUT2D eigenvalue weighted by Gasteiger charge is 2.24. The van der Waals surface area contributed by atoms with Crippen molar-refractivity contribution in [1.82, 2.24) is 0 Å². The molecule has 0 aliphatic heterocycles. The molecule has 0 amide bonds. The molecule has 3 N–H and O–H groups in total. The van der Waals surface area contributed by atoms with Crippen LogP contribution in [0, 0.1) is 0 Å². The number of aliphatic hydroxyl groups is 1. The van der Waals surface area contributed by atoms with Crippen LogP contribution >= 0.6 is 11.3 Å². The smallest absolute Gasteiger partial charge is 0.0783 e. The maximum absolute atomic E-state index is 9.54. The van der Waals surface area contributed by atoms with Gasteiger partial charge < -0.3 is 10.8 Å². The van der Waals surface area contributed by atoms with E-state index in [1.165, 1.54) is 0 Å². The average molecular weight is 171 g/mol. The maximum Gasteiger partial charge on any atom is 0.0783 e. The number of hydrogen-bond acceptors (Lipinski definition) is 3. The van der Waals surface area contributed by atoms with E-state index in [-0.39, 0.29) is 6.04 Å². The Morgan fingerprint density at radius 1 is 1.64 bits per heavy atom. The van der Waals surface area contributed by atoms with Gasteiger partial charge in [0.25, 0.3) is 0 Å². The summed E-state index contributed by atoms with van der Waals surface area (Å²) in [6.45, 7) is 3.44. The molecule has 62 valence electrons. The monoisotopic (exact) mass is 171 g/mol. The quantitative estimate of drug-likeness (QED) is 0.708. The van der Waals surface area contributed by atoms with Crippen LogP contribution < -0.4 is 5.73 Å². The Morgan fingerprint density at radius 3 is 2.64 bits per heavy atom. The van der Waals surface area contributed by atoms with Gasteiger partial charge in [-0.15, -0.1) is 0 Å². The second-order valence-corrected chi connectivity index (χ2v) is 3.97. The highest BCUT2D eigenvalue weighted by Crippen LogP contribution is 2.24. The molecule has 0 bridgehead atoms. The molecule has 11 heavy (non-hydrogen) atoms. The second kappa shape index (κ2) is 2.93. The van der Waals surface area contributed by atoms with Crippen molar-refractivity contribution < 1.29 is 5.11 Å². The van der Waals surface area contributed by atoms with Crippen LogP contribution in [-0.4, -0.2) is 10.7 Å². The van der Waals surface area contributed by atoms with E-state index in [0.29, 0.717) is 0 Å². The fourth-order valence-corrected chi connectivity index (χ4v) is 1.56. The summed E-state index contributed by atoms with van der Waals surface area (Å²) in [6, 6.07) is 1.65. The van der Waals surface area contributed by atoms with Crippen LogP contribution in [0.1, 0.15) is 25.5 Å². The van der Waals surface area contributed by atoms with Crippen LogP contribution in [0.5, 0.6) is 0 Å². The Morgan fingerprint density at radius 2 is 2.27 bits per heavy atom. The maximum atomic E-state index is 9.54. The zero-order valence-electron chi connectivity index (χ0n) is 6.74. The van der Waals surface area contributed by atoms with E-state index < -0.39 is 5.60 Å². The van der Waals surface area contributed by atoms with Gasteiger partial charge in [0.15, 0.2) is 0 Å². The fraction of sp³-hybridized carbons (Fsp3) is 0.500. The minimum atomic E-state index is -0.832. The largest absolute Gasteiger partial charge is 0.388 e. The Hall–Kier alpha value is -0.380. The normalized spacial score (nSPS) is 14.9. The highest BCUT2D eigenvalue weighted by molar-refractivity contribution is 7.07. The van der Waals surface area contributed by atoms with Gasteiger partial charge in [-0.3, -0.25) is 0 Å². The summed E-state index contributed by atoms with van der Waals surface area (Å²) in [6.07, 6.45) is 0. The van der Waals surface area contributed by atoms with E-state index >= 15 is 0 Å². The molecule has 1 rings (SSSR count). The molecule has 0 aliphatic rings. The highest BCUT2D eigenvalue weighted by atomic mass is 32.1. The van der Waals surface area contributed by atoms with Crippen LogP contribution in [0.2, 0.25) is 0 Å². The van der Waals surface area contributed by atoms with Gasteiger partial charge >= 0.3 is 0 Å². The minimum Gasteiger partial charge on any atom is -0.388 e. The zero-order valence-corrected chi connectivity index (χ0v) is 7.56. The van der Waals surface area contributed by atoms with Crippen molar-refractivity contribution in [3.05, 3.63) is 22.4 Å². The summed E-state index contributed by atoms with van der Waals surface area (Å²) >= 11 is 1.59. The lowest BCUT2D eigenvalue weighted by Gasteiger charge is -2.24. The molecule has 0 saturated heterocycles. The van der Waals surface area contributed by atoms with E-state index in [1.54, 1.807) is 25.2 Å². The lowest BCUT2D eigenvalue weighted by Crippen LogP contribution is -2.34. The molecule has 2 nitrogen and oxygen atoms in total. The van der Waals surface area contributed by atoms with Gasteiger partial charge in [0, 0.05) is 0 Å². The Kier molecular flexibility index (Phi) is 2.32. The predicted octanol–water partition coefficient (Wildman–Crippen LogP) is 1.52. The molecule has 1 heterocycles. The molecular formula is C8H13NOS. The van der Waals surface area contributed by atoms with Crippen molar-refractivity contribution in [2.45, 2.75) is 25.5 Å². The van der Waals surface area contributed by atoms with E-state index in [0.717, 1.165) is 5.56 Å². The molecule has 3 heteroatoms. The Labute approximate surface area is 70.7 Å². The summed E-state index contributed by atoms with van der Waals surface area (Å²) in [5, 5.41) is 13.5. The van der Waals surface area contributed by atoms with Gasteiger partial charge in [-0.1, -0.05) is 0 Å². The molecule has 0 radical (unpaired) electrons. The van der Waals surface area contributed by atoms with Gasteiger partial charge in [0.2, 0.25) is 0 Å². The number of rotatable bonds is 2. The van der Waals surface area contributed by atoms with E-state index in [2.05, 4.69) is 0 Å². The molecule has 1 aromatic rings. The first-order chi connectivity index (χ1) is 5.02. The predicted molar refractivity (Wildman–Crippen MR) is 47.5 cm³/mol. The van der Waals surface area contributed by atoms with Crippen LogP contribution in [0.15, 0.2) is 16.8 Å². The molecule has 0 fully saturated rings. The SMILES string of the molecule is CC(C)(O)C(N)c1ccsc1. The van der Waals surface area contributed by atoms with Crippen molar-refractivity contribution >= 4 is 11.3 Å². The summed E-state index contributed by atoms with van der Waals surface area (Å²) < 4.78 is 0. The van der Waals surface area contributed by atoms with Crippen LogP contribution in [0.4, 0.5) is 0 Å². The third-order valence-corrected chi connectivity index (χ3v) is 2.36. The summed E-state index contributed by atoms with van der Waals surface area (Å²) in [7, 11) is 0. The molecule has 1 atom stereocenters. The first kappa shape index (κ1) is 8.71. The molecule has 0 aromatic carbocycles. The van der Waals surface area contributed by atoms with Crippen LogP contribution in [0.3, 0.4) is 0 Å². The summed E-state index contributed by atoms with van der Waals surface area (Å²) in [4.78, 5) is 0. The van der Waals surface area contributed by atoms with Crippen molar-refractivity contribution in [1.29, 1.82) is 0 Å². The van der Waals surface area contributed by atoms with E-state index in [4.69, 9.17) is 5.73 Å². The molecular weight excluding hydrogens is 158 g/mol. The Bertz CT molecular complexity index is 212. The van der Waals surface area contributed by atoms with Crippen molar-refractivity contribution in [3.8, 4) is 0 Å².